The van der Waals surface area contributed by atoms with E-state index >= 15 is 0 Å². The van der Waals surface area contributed by atoms with E-state index in [9.17, 15) is 4.79 Å². The Kier molecular flexibility index (Phi) is 12.0. The number of hydrogen-bond donors (Lipinski definition) is 2. The maximum absolute atomic E-state index is 11.9. The zero-order valence-corrected chi connectivity index (χ0v) is 17.1. The number of methoxy groups -OCH3 is 1. The minimum atomic E-state index is 0.0635. The van der Waals surface area contributed by atoms with E-state index in [4.69, 9.17) is 4.74 Å². The Hall–Kier alpha value is -1.38. The zero-order chi connectivity index (χ0) is 19.2. The first-order chi connectivity index (χ1) is 12.6. The van der Waals surface area contributed by atoms with Crippen molar-refractivity contribution in [2.24, 2.45) is 4.99 Å². The van der Waals surface area contributed by atoms with Gasteiger partial charge < -0.3 is 25.2 Å². The molecule has 0 aromatic carbocycles. The van der Waals surface area contributed by atoms with E-state index in [2.05, 4.69) is 44.2 Å². The van der Waals surface area contributed by atoms with Crippen LogP contribution in [-0.4, -0.2) is 113 Å². The van der Waals surface area contributed by atoms with Crippen molar-refractivity contribution < 1.29 is 9.53 Å². The molecule has 8 nitrogen and oxygen atoms in total. The largest absolute Gasteiger partial charge is 0.383 e. The average molecular weight is 371 g/mol. The van der Waals surface area contributed by atoms with Crippen LogP contribution >= 0.6 is 0 Å². The van der Waals surface area contributed by atoms with Gasteiger partial charge in [-0.2, -0.15) is 0 Å². The Labute approximate surface area is 158 Å². The van der Waals surface area contributed by atoms with Crippen LogP contribution in [0.3, 0.4) is 0 Å². The molecule has 8 heteroatoms. The van der Waals surface area contributed by atoms with Gasteiger partial charge in [0.1, 0.15) is 0 Å². The lowest BCUT2D eigenvalue weighted by Crippen LogP contribution is -2.54. The highest BCUT2D eigenvalue weighted by Crippen LogP contribution is 2.02. The Morgan fingerprint density at radius 3 is 2.42 bits per heavy atom. The summed E-state index contributed by atoms with van der Waals surface area (Å²) < 4.78 is 4.94. The Bertz CT molecular complexity index is 410. The van der Waals surface area contributed by atoms with Crippen molar-refractivity contribution >= 4 is 11.9 Å². The maximum Gasteiger partial charge on any atom is 0.234 e. The molecule has 2 N–H and O–H groups in total. The van der Waals surface area contributed by atoms with Gasteiger partial charge in [0, 0.05) is 60.0 Å². The fourth-order valence-corrected chi connectivity index (χ4v) is 3.07. The molecule has 0 aromatic heterocycles. The highest BCUT2D eigenvalue weighted by atomic mass is 16.5. The summed E-state index contributed by atoms with van der Waals surface area (Å²) in [6.45, 7) is 13.7. The van der Waals surface area contributed by atoms with Crippen LogP contribution in [-0.2, 0) is 9.53 Å². The lowest BCUT2D eigenvalue weighted by Gasteiger charge is -2.36. The molecule has 0 unspecified atom stereocenters. The topological polar surface area (TPSA) is 72.4 Å². The lowest BCUT2D eigenvalue weighted by molar-refractivity contribution is -0.122. The van der Waals surface area contributed by atoms with Crippen molar-refractivity contribution in [1.29, 1.82) is 0 Å². The fraction of sp³-hybridized carbons (Fsp3) is 0.889. The van der Waals surface area contributed by atoms with Gasteiger partial charge in [0.15, 0.2) is 5.96 Å². The van der Waals surface area contributed by atoms with E-state index in [-0.39, 0.29) is 5.91 Å². The first-order valence-electron chi connectivity index (χ1n) is 9.80. The molecular formula is C18H38N6O2. The number of nitrogens with one attached hydrogen (secondary N) is 2. The molecule has 26 heavy (non-hydrogen) atoms. The Balaban J connectivity index is 2.28. The third-order valence-corrected chi connectivity index (χ3v) is 4.58. The molecule has 1 fully saturated rings. The second-order valence-corrected chi connectivity index (χ2v) is 6.51. The van der Waals surface area contributed by atoms with Crippen molar-refractivity contribution in [3.05, 3.63) is 0 Å². The third kappa shape index (κ3) is 8.82. The third-order valence-electron chi connectivity index (χ3n) is 4.58. The van der Waals surface area contributed by atoms with Crippen LogP contribution in [0.4, 0.5) is 0 Å². The van der Waals surface area contributed by atoms with Crippen LogP contribution in [0.5, 0.6) is 0 Å². The monoisotopic (exact) mass is 370 g/mol. The smallest absolute Gasteiger partial charge is 0.234 e. The summed E-state index contributed by atoms with van der Waals surface area (Å²) in [4.78, 5) is 23.2. The summed E-state index contributed by atoms with van der Waals surface area (Å²) in [6, 6.07) is 0. The zero-order valence-electron chi connectivity index (χ0n) is 17.1. The first kappa shape index (κ1) is 22.7. The molecule has 0 radical (unpaired) electrons. The van der Waals surface area contributed by atoms with Gasteiger partial charge in [0.2, 0.25) is 5.91 Å². The van der Waals surface area contributed by atoms with E-state index in [0.717, 1.165) is 58.3 Å². The van der Waals surface area contributed by atoms with E-state index < -0.39 is 0 Å². The number of aliphatic imine (C=N–C) groups is 1. The van der Waals surface area contributed by atoms with Crippen LogP contribution in [0.2, 0.25) is 0 Å². The SMILES string of the molecule is CCCN(CC)CCNC(=NC)N1CCN(CC(=O)NCCOC)CC1. The summed E-state index contributed by atoms with van der Waals surface area (Å²) >= 11 is 0. The standard InChI is InChI=1S/C18H38N6O2/c1-5-9-22(6-2)10-7-21-18(19-3)24-13-11-23(12-14-24)16-17(25)20-8-15-26-4/h5-16H2,1-4H3,(H,19,21)(H,20,25). The number of nitrogens with zero attached hydrogens (tertiary/aromatic N) is 4. The Morgan fingerprint density at radius 2 is 1.85 bits per heavy atom. The van der Waals surface area contributed by atoms with Gasteiger partial charge in [-0.25, -0.2) is 0 Å². The van der Waals surface area contributed by atoms with Gasteiger partial charge in [-0.1, -0.05) is 13.8 Å². The highest BCUT2D eigenvalue weighted by molar-refractivity contribution is 5.80. The van der Waals surface area contributed by atoms with Gasteiger partial charge in [-0.05, 0) is 19.5 Å². The molecule has 0 saturated carbocycles. The van der Waals surface area contributed by atoms with Gasteiger partial charge in [-0.15, -0.1) is 0 Å². The number of hydrogen-bond acceptors (Lipinski definition) is 5. The fourth-order valence-electron chi connectivity index (χ4n) is 3.07. The quantitative estimate of drug-likeness (QED) is 0.295. The molecule has 1 rings (SSSR count). The van der Waals surface area contributed by atoms with Crippen molar-refractivity contribution in [2.75, 3.05) is 86.2 Å². The maximum atomic E-state index is 11.9. The molecule has 0 spiro atoms. The molecule has 0 atom stereocenters. The minimum Gasteiger partial charge on any atom is -0.383 e. The number of piperazine rings is 1. The summed E-state index contributed by atoms with van der Waals surface area (Å²) in [7, 11) is 3.47. The van der Waals surface area contributed by atoms with Crippen molar-refractivity contribution in [3.63, 3.8) is 0 Å². The van der Waals surface area contributed by atoms with Crippen LogP contribution in [0.1, 0.15) is 20.3 Å². The predicted molar refractivity (Wildman–Crippen MR) is 107 cm³/mol. The molecule has 0 bridgehead atoms. The molecule has 0 aliphatic carbocycles. The van der Waals surface area contributed by atoms with E-state index in [0.29, 0.717) is 19.7 Å². The molecule has 1 aliphatic rings. The minimum absolute atomic E-state index is 0.0635. The summed E-state index contributed by atoms with van der Waals surface area (Å²) in [5.41, 5.74) is 0. The van der Waals surface area contributed by atoms with Gasteiger partial charge in [0.05, 0.1) is 13.2 Å². The molecule has 1 saturated heterocycles. The molecule has 1 heterocycles. The van der Waals surface area contributed by atoms with E-state index in [1.54, 1.807) is 7.11 Å². The van der Waals surface area contributed by atoms with E-state index in [1.165, 1.54) is 6.42 Å². The summed E-state index contributed by atoms with van der Waals surface area (Å²) in [6.07, 6.45) is 1.18. The van der Waals surface area contributed by atoms with Gasteiger partial charge in [-0.3, -0.25) is 14.7 Å². The Morgan fingerprint density at radius 1 is 1.12 bits per heavy atom. The molecule has 152 valence electrons. The van der Waals surface area contributed by atoms with Crippen molar-refractivity contribution in [3.8, 4) is 0 Å². The number of amides is 1. The second-order valence-electron chi connectivity index (χ2n) is 6.51. The van der Waals surface area contributed by atoms with Crippen LogP contribution in [0.25, 0.3) is 0 Å². The molecule has 0 aromatic rings. The lowest BCUT2D eigenvalue weighted by atomic mass is 10.3. The average Bonchev–Trinajstić information content (AvgIpc) is 2.65. The van der Waals surface area contributed by atoms with Crippen molar-refractivity contribution in [2.45, 2.75) is 20.3 Å². The molecule has 1 aliphatic heterocycles. The van der Waals surface area contributed by atoms with Crippen LogP contribution in [0.15, 0.2) is 4.99 Å². The number of rotatable bonds is 11. The number of carbonyl (C=O) groups is 1. The molecule has 1 amide bonds. The first-order valence-corrected chi connectivity index (χ1v) is 9.80. The molecular weight excluding hydrogens is 332 g/mol. The van der Waals surface area contributed by atoms with Gasteiger partial charge in [0.25, 0.3) is 0 Å². The second kappa shape index (κ2) is 13.8. The normalized spacial score (nSPS) is 16.2. The summed E-state index contributed by atoms with van der Waals surface area (Å²) in [5.74, 6) is 1.02. The summed E-state index contributed by atoms with van der Waals surface area (Å²) in [5, 5.41) is 6.35. The number of carbonyl (C=O) groups excluding carboxylic acids is 1. The predicted octanol–water partition coefficient (Wildman–Crippen LogP) is -0.326. The van der Waals surface area contributed by atoms with Crippen LogP contribution < -0.4 is 10.6 Å². The van der Waals surface area contributed by atoms with E-state index in [1.807, 2.05) is 7.05 Å². The number of ether oxygens (including phenoxy) is 1. The highest BCUT2D eigenvalue weighted by Gasteiger charge is 2.21. The number of guanidine groups is 1. The van der Waals surface area contributed by atoms with Gasteiger partial charge >= 0.3 is 0 Å². The van der Waals surface area contributed by atoms with Crippen LogP contribution in [0, 0.1) is 0 Å². The van der Waals surface area contributed by atoms with Crippen molar-refractivity contribution in [1.82, 2.24) is 25.3 Å². The number of likely N-dealkylation sites (N-methyl/N-ethyl adjacent to an activating group) is 1.